The molecule has 15 heavy (non-hydrogen) atoms. The van der Waals surface area contributed by atoms with Crippen LogP contribution in [0, 0.1) is 0 Å². The Balaban J connectivity index is 2.03. The van der Waals surface area contributed by atoms with Gasteiger partial charge in [-0.2, -0.15) is 0 Å². The van der Waals surface area contributed by atoms with E-state index in [0.717, 1.165) is 13.1 Å². The van der Waals surface area contributed by atoms with Crippen LogP contribution in [0.5, 0.6) is 0 Å². The number of aryl methyl sites for hydroxylation is 2. The van der Waals surface area contributed by atoms with Crippen molar-refractivity contribution in [1.82, 2.24) is 4.90 Å². The molecule has 0 heterocycles. The highest BCUT2D eigenvalue weighted by Crippen LogP contribution is 2.23. The van der Waals surface area contributed by atoms with Crippen LogP contribution in [-0.4, -0.2) is 30.2 Å². The second-order valence-corrected chi connectivity index (χ2v) is 4.42. The third-order valence-electron chi connectivity index (χ3n) is 3.10. The van der Waals surface area contributed by atoms with Gasteiger partial charge in [-0.05, 0) is 43.0 Å². The van der Waals surface area contributed by atoms with Crippen LogP contribution in [0.2, 0.25) is 0 Å². The summed E-state index contributed by atoms with van der Waals surface area (Å²) >= 11 is 0. The lowest BCUT2D eigenvalue weighted by molar-refractivity contribution is 0.217. The van der Waals surface area contributed by atoms with Gasteiger partial charge in [-0.1, -0.05) is 18.2 Å². The molecule has 0 saturated carbocycles. The number of benzene rings is 1. The lowest BCUT2D eigenvalue weighted by Crippen LogP contribution is -2.21. The van der Waals surface area contributed by atoms with E-state index in [0.29, 0.717) is 0 Å². The molecule has 0 radical (unpaired) electrons. The number of likely N-dealkylation sites (N-methyl/N-ethyl adjacent to an activating group) is 1. The average Bonchev–Trinajstić information content (AvgIpc) is 2.65. The Bertz CT molecular complexity index is 335. The molecule has 82 valence electrons. The summed E-state index contributed by atoms with van der Waals surface area (Å²) in [7, 11) is 2.05. The van der Waals surface area contributed by atoms with Crippen molar-refractivity contribution in [1.29, 1.82) is 0 Å². The lowest BCUT2D eigenvalue weighted by atomic mass is 10.1. The molecule has 2 nitrogen and oxygen atoms in total. The molecule has 1 aromatic rings. The molecule has 0 aliphatic heterocycles. The van der Waals surface area contributed by atoms with Gasteiger partial charge in [0, 0.05) is 13.1 Å². The Morgan fingerprint density at radius 2 is 2.07 bits per heavy atom. The maximum atomic E-state index is 8.83. The van der Waals surface area contributed by atoms with Crippen molar-refractivity contribution >= 4 is 0 Å². The number of rotatable bonds is 4. The fourth-order valence-corrected chi connectivity index (χ4v) is 2.28. The third kappa shape index (κ3) is 2.58. The highest BCUT2D eigenvalue weighted by molar-refractivity contribution is 5.35. The first-order chi connectivity index (χ1) is 7.29. The zero-order valence-corrected chi connectivity index (χ0v) is 9.37. The van der Waals surface area contributed by atoms with Gasteiger partial charge in [0.15, 0.2) is 0 Å². The first-order valence-electron chi connectivity index (χ1n) is 5.69. The summed E-state index contributed by atoms with van der Waals surface area (Å²) in [4.78, 5) is 2.15. The topological polar surface area (TPSA) is 23.5 Å². The molecule has 1 N–H and O–H groups in total. The van der Waals surface area contributed by atoms with E-state index in [9.17, 15) is 0 Å². The van der Waals surface area contributed by atoms with E-state index >= 15 is 0 Å². The summed E-state index contributed by atoms with van der Waals surface area (Å²) in [6.45, 7) is 1.92. The summed E-state index contributed by atoms with van der Waals surface area (Å²) in [5.74, 6) is 0. The van der Waals surface area contributed by atoms with Gasteiger partial charge in [-0.3, -0.25) is 4.90 Å². The molecule has 0 spiro atoms. The summed E-state index contributed by atoms with van der Waals surface area (Å²) in [6.07, 6.45) is 3.81. The number of hydrogen-bond acceptors (Lipinski definition) is 2. The second-order valence-electron chi connectivity index (χ2n) is 4.42. The van der Waals surface area contributed by atoms with Crippen molar-refractivity contribution in [2.75, 3.05) is 20.2 Å². The van der Waals surface area contributed by atoms with Crippen molar-refractivity contribution in [2.45, 2.75) is 25.8 Å². The monoisotopic (exact) mass is 205 g/mol. The van der Waals surface area contributed by atoms with Crippen LogP contribution in [0.3, 0.4) is 0 Å². The molecule has 0 aromatic heterocycles. The molecule has 0 atom stereocenters. The van der Waals surface area contributed by atoms with E-state index in [2.05, 4.69) is 23.1 Å². The zero-order chi connectivity index (χ0) is 10.7. The van der Waals surface area contributed by atoms with Crippen molar-refractivity contribution in [3.05, 3.63) is 34.9 Å². The highest BCUT2D eigenvalue weighted by atomic mass is 16.3. The molecular formula is C13H19NO. The maximum Gasteiger partial charge on any atom is 0.0558 e. The number of hydrogen-bond donors (Lipinski definition) is 1. The summed E-state index contributed by atoms with van der Waals surface area (Å²) in [5, 5.41) is 8.83. The van der Waals surface area contributed by atoms with E-state index < -0.39 is 0 Å². The molecular weight excluding hydrogens is 186 g/mol. The Morgan fingerprint density at radius 1 is 1.27 bits per heavy atom. The van der Waals surface area contributed by atoms with Gasteiger partial charge in [0.2, 0.25) is 0 Å². The Morgan fingerprint density at radius 3 is 2.87 bits per heavy atom. The molecule has 1 aromatic carbocycles. The molecule has 1 aliphatic carbocycles. The number of fused-ring (bicyclic) bond motifs is 1. The predicted octanol–water partition coefficient (Wildman–Crippen LogP) is 1.60. The Hall–Kier alpha value is -0.860. The minimum atomic E-state index is 0.238. The van der Waals surface area contributed by atoms with Crippen LogP contribution in [0.25, 0.3) is 0 Å². The van der Waals surface area contributed by atoms with Gasteiger partial charge in [0.1, 0.15) is 0 Å². The van der Waals surface area contributed by atoms with Gasteiger partial charge < -0.3 is 5.11 Å². The molecule has 0 unspecified atom stereocenters. The van der Waals surface area contributed by atoms with E-state index in [1.165, 1.54) is 36.0 Å². The van der Waals surface area contributed by atoms with Crippen molar-refractivity contribution in [2.24, 2.45) is 0 Å². The average molecular weight is 205 g/mol. The molecule has 0 amide bonds. The Kier molecular flexibility index (Phi) is 3.39. The van der Waals surface area contributed by atoms with Gasteiger partial charge >= 0.3 is 0 Å². The molecule has 0 saturated heterocycles. The lowest BCUT2D eigenvalue weighted by Gasteiger charge is -2.15. The quantitative estimate of drug-likeness (QED) is 0.807. The maximum absolute atomic E-state index is 8.83. The summed E-state index contributed by atoms with van der Waals surface area (Å²) in [5.41, 5.74) is 4.43. The Labute approximate surface area is 91.5 Å². The highest BCUT2D eigenvalue weighted by Gasteiger charge is 2.11. The minimum Gasteiger partial charge on any atom is -0.395 e. The third-order valence-corrected chi connectivity index (χ3v) is 3.10. The van der Waals surface area contributed by atoms with Crippen LogP contribution in [-0.2, 0) is 19.4 Å². The summed E-state index contributed by atoms with van der Waals surface area (Å²) in [6, 6.07) is 6.82. The second kappa shape index (κ2) is 4.77. The van der Waals surface area contributed by atoms with Crippen molar-refractivity contribution in [3.8, 4) is 0 Å². The fourth-order valence-electron chi connectivity index (χ4n) is 2.28. The van der Waals surface area contributed by atoms with Gasteiger partial charge in [-0.25, -0.2) is 0 Å². The van der Waals surface area contributed by atoms with Gasteiger partial charge in [0.25, 0.3) is 0 Å². The van der Waals surface area contributed by atoms with E-state index in [-0.39, 0.29) is 6.61 Å². The fraction of sp³-hybridized carbons (Fsp3) is 0.538. The normalized spacial score (nSPS) is 14.6. The predicted molar refractivity (Wildman–Crippen MR) is 61.9 cm³/mol. The van der Waals surface area contributed by atoms with Crippen molar-refractivity contribution in [3.63, 3.8) is 0 Å². The molecule has 2 rings (SSSR count). The van der Waals surface area contributed by atoms with Crippen molar-refractivity contribution < 1.29 is 5.11 Å². The SMILES string of the molecule is CN(CCO)Cc1ccc2c(c1)CCC2. The van der Waals surface area contributed by atoms with Crippen LogP contribution in [0.4, 0.5) is 0 Å². The minimum absolute atomic E-state index is 0.238. The largest absolute Gasteiger partial charge is 0.395 e. The van der Waals surface area contributed by atoms with E-state index in [4.69, 9.17) is 5.11 Å². The van der Waals surface area contributed by atoms with Crippen LogP contribution in [0.1, 0.15) is 23.1 Å². The van der Waals surface area contributed by atoms with E-state index in [1.54, 1.807) is 0 Å². The number of aliphatic hydroxyl groups excluding tert-OH is 1. The number of aliphatic hydroxyl groups is 1. The molecule has 2 heteroatoms. The summed E-state index contributed by atoms with van der Waals surface area (Å²) < 4.78 is 0. The first kappa shape index (κ1) is 10.7. The zero-order valence-electron chi connectivity index (χ0n) is 9.37. The van der Waals surface area contributed by atoms with E-state index in [1.807, 2.05) is 7.05 Å². The van der Waals surface area contributed by atoms with Gasteiger partial charge in [0.05, 0.1) is 6.61 Å². The number of nitrogens with zero attached hydrogens (tertiary/aromatic N) is 1. The molecule has 1 aliphatic rings. The van der Waals surface area contributed by atoms with Crippen LogP contribution >= 0.6 is 0 Å². The first-order valence-corrected chi connectivity index (χ1v) is 5.69. The van der Waals surface area contributed by atoms with Gasteiger partial charge in [-0.15, -0.1) is 0 Å². The standard InChI is InChI=1S/C13H19NO/c1-14(7-8-15)10-11-5-6-12-3-2-4-13(12)9-11/h5-6,9,15H,2-4,7-8,10H2,1H3. The molecule has 0 fully saturated rings. The smallest absolute Gasteiger partial charge is 0.0558 e. The molecule has 0 bridgehead atoms. The van der Waals surface area contributed by atoms with Crippen LogP contribution in [0.15, 0.2) is 18.2 Å². The van der Waals surface area contributed by atoms with Crippen LogP contribution < -0.4 is 0 Å².